The highest BCUT2D eigenvalue weighted by molar-refractivity contribution is 7.89. The molecule has 0 bridgehead atoms. The molecule has 9 heteroatoms. The van der Waals surface area contributed by atoms with Gasteiger partial charge in [0.1, 0.15) is 6.04 Å². The number of hydrogen-bond acceptors (Lipinski definition) is 6. The van der Waals surface area contributed by atoms with Crippen LogP contribution < -0.4 is 0 Å². The predicted octanol–water partition coefficient (Wildman–Crippen LogP) is 1.53. The summed E-state index contributed by atoms with van der Waals surface area (Å²) in [4.78, 5) is 21.0. The first-order chi connectivity index (χ1) is 16.9. The van der Waals surface area contributed by atoms with E-state index in [2.05, 4.69) is 22.9 Å². The fraction of sp³-hybridized carbons (Fsp3) is 0.731. The molecule has 3 atom stereocenters. The molecule has 5 rings (SSSR count). The monoisotopic (exact) mass is 503 g/mol. The van der Waals surface area contributed by atoms with Gasteiger partial charge in [-0.15, -0.1) is 0 Å². The maximum Gasteiger partial charge on any atom is 0.243 e. The highest BCUT2D eigenvalue weighted by Crippen LogP contribution is 2.46. The van der Waals surface area contributed by atoms with Gasteiger partial charge in [-0.2, -0.15) is 4.31 Å². The molecule has 0 aromatic heterocycles. The zero-order chi connectivity index (χ0) is 24.6. The summed E-state index contributed by atoms with van der Waals surface area (Å²) in [5.41, 5.74) is 0. The zero-order valence-corrected chi connectivity index (χ0v) is 21.8. The van der Waals surface area contributed by atoms with Crippen LogP contribution in [-0.4, -0.2) is 111 Å². The van der Waals surface area contributed by atoms with Crippen molar-refractivity contribution in [3.63, 3.8) is 0 Å². The molecule has 0 spiro atoms. The van der Waals surface area contributed by atoms with Gasteiger partial charge in [-0.05, 0) is 44.0 Å². The molecule has 193 valence electrons. The Labute approximate surface area is 210 Å². The van der Waals surface area contributed by atoms with Crippen LogP contribution in [0.3, 0.4) is 0 Å². The smallest absolute Gasteiger partial charge is 0.243 e. The largest absolute Gasteiger partial charge is 0.381 e. The third kappa shape index (κ3) is 4.90. The molecular formula is C26H39N4O4S. The number of nitrogens with zero attached hydrogens (tertiary/aromatic N) is 4. The summed E-state index contributed by atoms with van der Waals surface area (Å²) in [5.74, 6) is 0.418. The third-order valence-corrected chi connectivity index (χ3v) is 10.7. The van der Waals surface area contributed by atoms with E-state index in [0.29, 0.717) is 25.6 Å². The number of likely N-dealkylation sites (N-methyl/N-ethyl adjacent to an activating group) is 1. The molecule has 1 aliphatic carbocycles. The van der Waals surface area contributed by atoms with Crippen molar-refractivity contribution in [2.75, 3.05) is 60.0 Å². The van der Waals surface area contributed by atoms with Gasteiger partial charge in [-0.25, -0.2) is 8.42 Å². The van der Waals surface area contributed by atoms with Crippen LogP contribution in [-0.2, 0) is 19.6 Å². The van der Waals surface area contributed by atoms with Gasteiger partial charge in [0.2, 0.25) is 15.9 Å². The third-order valence-electron chi connectivity index (χ3n) is 8.82. The number of likely N-dealkylation sites (tertiary alicyclic amines) is 1. The van der Waals surface area contributed by atoms with Crippen molar-refractivity contribution >= 4 is 15.9 Å². The molecule has 35 heavy (non-hydrogen) atoms. The number of ether oxygens (including phenoxy) is 1. The Bertz CT molecular complexity index is 970. The van der Waals surface area contributed by atoms with E-state index in [1.165, 1.54) is 0 Å². The lowest BCUT2D eigenvalue weighted by Gasteiger charge is -2.44. The van der Waals surface area contributed by atoms with Gasteiger partial charge in [0.15, 0.2) is 0 Å². The normalized spacial score (nSPS) is 30.5. The van der Waals surface area contributed by atoms with Gasteiger partial charge in [0, 0.05) is 64.9 Å². The van der Waals surface area contributed by atoms with Crippen LogP contribution >= 0.6 is 0 Å². The van der Waals surface area contributed by atoms with E-state index in [0.717, 1.165) is 58.3 Å². The number of sulfonamides is 1. The minimum atomic E-state index is -3.82. The van der Waals surface area contributed by atoms with Crippen molar-refractivity contribution in [3.8, 4) is 0 Å². The molecule has 3 saturated heterocycles. The van der Waals surface area contributed by atoms with Crippen LogP contribution in [0.2, 0.25) is 0 Å². The number of benzene rings is 1. The molecule has 8 nitrogen and oxygen atoms in total. The van der Waals surface area contributed by atoms with Crippen LogP contribution in [0.1, 0.15) is 32.1 Å². The first-order valence-corrected chi connectivity index (χ1v) is 14.6. The summed E-state index contributed by atoms with van der Waals surface area (Å²) in [6.07, 6.45) is 5.48. The first-order valence-electron chi connectivity index (χ1n) is 13.1. The molecule has 4 aliphatic rings. The van der Waals surface area contributed by atoms with Crippen molar-refractivity contribution in [2.24, 2.45) is 11.8 Å². The maximum atomic E-state index is 14.1. The Hall–Kier alpha value is -1.52. The van der Waals surface area contributed by atoms with Gasteiger partial charge in [-0.1, -0.05) is 31.4 Å². The second-order valence-corrected chi connectivity index (χ2v) is 12.6. The second kappa shape index (κ2) is 10.5. The van der Waals surface area contributed by atoms with Crippen molar-refractivity contribution < 1.29 is 17.9 Å². The van der Waals surface area contributed by atoms with E-state index in [-0.39, 0.29) is 28.9 Å². The van der Waals surface area contributed by atoms with Gasteiger partial charge in [0.25, 0.3) is 0 Å². The number of piperidine rings is 1. The lowest BCUT2D eigenvalue weighted by molar-refractivity contribution is -0.138. The molecular weight excluding hydrogens is 464 g/mol. The summed E-state index contributed by atoms with van der Waals surface area (Å²) >= 11 is 0. The second-order valence-electron chi connectivity index (χ2n) is 10.7. The van der Waals surface area contributed by atoms with Crippen LogP contribution in [0.25, 0.3) is 0 Å². The highest BCUT2D eigenvalue weighted by Gasteiger charge is 2.56. The van der Waals surface area contributed by atoms with Gasteiger partial charge < -0.3 is 14.5 Å². The number of hydrogen-bond donors (Lipinski definition) is 0. The summed E-state index contributed by atoms with van der Waals surface area (Å²) < 4.78 is 35.1. The fourth-order valence-electron chi connectivity index (χ4n) is 6.45. The molecule has 0 N–H and O–H groups in total. The minimum absolute atomic E-state index is 0.00431. The fourth-order valence-corrected chi connectivity index (χ4v) is 8.08. The summed E-state index contributed by atoms with van der Waals surface area (Å²) in [6, 6.07) is 8.81. The Morgan fingerprint density at radius 2 is 1.66 bits per heavy atom. The van der Waals surface area contributed by atoms with Crippen molar-refractivity contribution in [2.45, 2.75) is 55.2 Å². The quantitative estimate of drug-likeness (QED) is 0.586. The van der Waals surface area contributed by atoms with Crippen molar-refractivity contribution in [1.82, 2.24) is 19.0 Å². The van der Waals surface area contributed by atoms with E-state index in [1.54, 1.807) is 35.7 Å². The van der Waals surface area contributed by atoms with Crippen LogP contribution in [0, 0.1) is 17.9 Å². The molecule has 4 fully saturated rings. The van der Waals surface area contributed by atoms with E-state index in [4.69, 9.17) is 4.74 Å². The Balaban J connectivity index is 1.50. The summed E-state index contributed by atoms with van der Waals surface area (Å²) in [7, 11) is 0.0183. The van der Waals surface area contributed by atoms with Crippen molar-refractivity contribution in [3.05, 3.63) is 30.3 Å². The van der Waals surface area contributed by atoms with Crippen LogP contribution in [0.15, 0.2) is 29.2 Å². The molecule has 1 saturated carbocycles. The number of piperazine rings is 1. The van der Waals surface area contributed by atoms with E-state index in [1.807, 2.05) is 4.90 Å². The van der Waals surface area contributed by atoms with E-state index < -0.39 is 16.1 Å². The number of amides is 1. The van der Waals surface area contributed by atoms with Gasteiger partial charge in [-0.3, -0.25) is 9.69 Å². The number of methoxy groups -OCH3 is 1. The standard InChI is InChI=1S/C26H39N4O4S/c1-27-15-17-29(18-16-27)26(31)25-24(20-7-6-8-20)23(28-13-11-21(34-2)12-14-28)19-30(25)35(32,33)22-9-4-3-5-10-22/h4-5,9-10,20-21,23-25H,6-8,11-19H2,1-2H3/t23?,24?,25-/m0/s1. The molecule has 1 aromatic rings. The average molecular weight is 504 g/mol. The Morgan fingerprint density at radius 3 is 2.23 bits per heavy atom. The zero-order valence-electron chi connectivity index (χ0n) is 21.0. The lowest BCUT2D eigenvalue weighted by atomic mass is 9.70. The minimum Gasteiger partial charge on any atom is -0.381 e. The summed E-state index contributed by atoms with van der Waals surface area (Å²) in [5, 5.41) is 0. The lowest BCUT2D eigenvalue weighted by Crippen LogP contribution is -2.57. The molecule has 3 heterocycles. The van der Waals surface area contributed by atoms with Crippen molar-refractivity contribution in [1.29, 1.82) is 0 Å². The Kier molecular flexibility index (Phi) is 7.51. The predicted molar refractivity (Wildman–Crippen MR) is 133 cm³/mol. The molecule has 1 radical (unpaired) electrons. The highest BCUT2D eigenvalue weighted by atomic mass is 32.2. The number of carbonyl (C=O) groups is 1. The molecule has 3 aliphatic heterocycles. The first kappa shape index (κ1) is 25.1. The van der Waals surface area contributed by atoms with Crippen LogP contribution in [0.4, 0.5) is 0 Å². The SMILES string of the molecule is COC1CCN(C2CN(S(=O)(=O)c3cc[c]cc3)[C@H](C(=O)N3CCN(C)CC3)C2C2CCC2)CC1. The van der Waals surface area contributed by atoms with Gasteiger partial charge in [0.05, 0.1) is 11.0 Å². The van der Waals surface area contributed by atoms with Gasteiger partial charge >= 0.3 is 0 Å². The molecule has 1 aromatic carbocycles. The number of rotatable bonds is 6. The maximum absolute atomic E-state index is 14.1. The molecule has 2 unspecified atom stereocenters. The summed E-state index contributed by atoms with van der Waals surface area (Å²) in [6.45, 7) is 5.10. The van der Waals surface area contributed by atoms with E-state index in [9.17, 15) is 13.2 Å². The molecule has 1 amide bonds. The average Bonchev–Trinajstić information content (AvgIpc) is 3.24. The topological polar surface area (TPSA) is 73.4 Å². The van der Waals surface area contributed by atoms with Crippen LogP contribution in [0.5, 0.6) is 0 Å². The Morgan fingerprint density at radius 1 is 1.00 bits per heavy atom. The number of carbonyl (C=O) groups excluding carboxylic acids is 1. The van der Waals surface area contributed by atoms with E-state index >= 15 is 0 Å².